The maximum absolute atomic E-state index is 12.8. The van der Waals surface area contributed by atoms with Gasteiger partial charge in [-0.1, -0.05) is 64.5 Å². The highest BCUT2D eigenvalue weighted by Gasteiger charge is 2.35. The van der Waals surface area contributed by atoms with Crippen LogP contribution in [0.15, 0.2) is 88.2 Å². The molecule has 32 heavy (non-hydrogen) atoms. The van der Waals surface area contributed by atoms with E-state index in [-0.39, 0.29) is 24.3 Å². The van der Waals surface area contributed by atoms with E-state index in [1.165, 1.54) is 4.90 Å². The van der Waals surface area contributed by atoms with Crippen LogP contribution >= 0.6 is 27.7 Å². The number of nitrogens with zero attached hydrogens (tertiary/aromatic N) is 1. The van der Waals surface area contributed by atoms with E-state index in [1.807, 2.05) is 78.9 Å². The van der Waals surface area contributed by atoms with Gasteiger partial charge in [0.1, 0.15) is 24.7 Å². The van der Waals surface area contributed by atoms with Gasteiger partial charge in [0.05, 0.1) is 11.4 Å². The van der Waals surface area contributed by atoms with Crippen molar-refractivity contribution in [1.82, 2.24) is 4.90 Å². The molecule has 162 valence electrons. The maximum Gasteiger partial charge on any atom is 0.293 e. The molecule has 0 radical (unpaired) electrons. The predicted molar refractivity (Wildman–Crippen MR) is 130 cm³/mol. The second kappa shape index (κ2) is 10.5. The first-order valence-corrected chi connectivity index (χ1v) is 11.6. The van der Waals surface area contributed by atoms with E-state index >= 15 is 0 Å². The van der Waals surface area contributed by atoms with Gasteiger partial charge in [0.2, 0.25) is 0 Å². The SMILES string of the molecule is O=C1S/C(=C\c2ccccc2OCc2ccc(Br)cc2)C(=O)N1CCOc1ccccc1. The molecule has 0 aliphatic carbocycles. The van der Waals surface area contributed by atoms with E-state index in [9.17, 15) is 9.59 Å². The van der Waals surface area contributed by atoms with Crippen molar-refractivity contribution >= 4 is 44.9 Å². The number of imide groups is 1. The Labute approximate surface area is 199 Å². The summed E-state index contributed by atoms with van der Waals surface area (Å²) in [5.74, 6) is 1.03. The first kappa shape index (κ1) is 22.2. The molecule has 1 fully saturated rings. The fourth-order valence-corrected chi connectivity index (χ4v) is 4.20. The number of rotatable bonds is 8. The number of para-hydroxylation sites is 2. The summed E-state index contributed by atoms with van der Waals surface area (Å²) in [5, 5.41) is -0.300. The molecule has 5 nitrogen and oxygen atoms in total. The normalized spacial score (nSPS) is 14.8. The maximum atomic E-state index is 12.8. The number of amides is 2. The standard InChI is InChI=1S/C25H20BrNO4S/c26-20-12-10-18(11-13-20)17-31-22-9-5-4-6-19(22)16-23-24(28)27(25(29)32-23)14-15-30-21-7-2-1-3-8-21/h1-13,16H,14-15,17H2/b23-16-. The summed E-state index contributed by atoms with van der Waals surface area (Å²) in [6.07, 6.45) is 1.71. The van der Waals surface area contributed by atoms with Gasteiger partial charge in [-0.25, -0.2) is 0 Å². The lowest BCUT2D eigenvalue weighted by atomic mass is 10.1. The van der Waals surface area contributed by atoms with Crippen molar-refractivity contribution in [3.63, 3.8) is 0 Å². The highest BCUT2D eigenvalue weighted by atomic mass is 79.9. The van der Waals surface area contributed by atoms with Crippen molar-refractivity contribution in [3.05, 3.63) is 99.4 Å². The monoisotopic (exact) mass is 509 g/mol. The molecule has 2 amide bonds. The number of carbonyl (C=O) groups excluding carboxylic acids is 2. The third-order valence-corrected chi connectivity index (χ3v) is 6.15. The number of ether oxygens (including phenoxy) is 2. The van der Waals surface area contributed by atoms with Gasteiger partial charge in [0.15, 0.2) is 0 Å². The summed E-state index contributed by atoms with van der Waals surface area (Å²) in [6.45, 7) is 0.831. The summed E-state index contributed by atoms with van der Waals surface area (Å²) < 4.78 is 12.6. The molecular formula is C25H20BrNO4S. The lowest BCUT2D eigenvalue weighted by Gasteiger charge is -2.13. The Balaban J connectivity index is 1.41. The van der Waals surface area contributed by atoms with Gasteiger partial charge in [-0.15, -0.1) is 0 Å². The number of carbonyl (C=O) groups is 2. The molecule has 0 aromatic heterocycles. The molecular weight excluding hydrogens is 490 g/mol. The summed E-state index contributed by atoms with van der Waals surface area (Å²) in [5.41, 5.74) is 1.78. The molecule has 3 aromatic carbocycles. The molecule has 1 heterocycles. The van der Waals surface area contributed by atoms with Crippen LogP contribution in [0.3, 0.4) is 0 Å². The van der Waals surface area contributed by atoms with Crippen molar-refractivity contribution in [2.24, 2.45) is 0 Å². The van der Waals surface area contributed by atoms with Gasteiger partial charge < -0.3 is 9.47 Å². The largest absolute Gasteiger partial charge is 0.492 e. The zero-order valence-electron chi connectivity index (χ0n) is 17.1. The van der Waals surface area contributed by atoms with E-state index < -0.39 is 0 Å². The van der Waals surface area contributed by atoms with Gasteiger partial charge in [-0.3, -0.25) is 14.5 Å². The minimum atomic E-state index is -0.320. The summed E-state index contributed by atoms with van der Waals surface area (Å²) in [4.78, 5) is 26.8. The molecule has 0 spiro atoms. The highest BCUT2D eigenvalue weighted by molar-refractivity contribution is 9.10. The molecule has 1 saturated heterocycles. The van der Waals surface area contributed by atoms with Crippen molar-refractivity contribution in [1.29, 1.82) is 0 Å². The molecule has 0 unspecified atom stereocenters. The molecule has 0 N–H and O–H groups in total. The van der Waals surface area contributed by atoms with Crippen LogP contribution in [0, 0.1) is 0 Å². The third-order valence-electron chi connectivity index (χ3n) is 4.71. The minimum absolute atomic E-state index is 0.193. The topological polar surface area (TPSA) is 55.8 Å². The summed E-state index contributed by atoms with van der Waals surface area (Å²) >= 11 is 4.35. The average molecular weight is 510 g/mol. The molecule has 0 atom stereocenters. The molecule has 0 saturated carbocycles. The van der Waals surface area contributed by atoms with E-state index in [4.69, 9.17) is 9.47 Å². The molecule has 1 aliphatic rings. The summed E-state index contributed by atoms with van der Waals surface area (Å²) in [7, 11) is 0. The number of hydrogen-bond donors (Lipinski definition) is 0. The van der Waals surface area contributed by atoms with Crippen LogP contribution < -0.4 is 9.47 Å². The number of hydrogen-bond acceptors (Lipinski definition) is 5. The van der Waals surface area contributed by atoms with Gasteiger partial charge in [0, 0.05) is 10.0 Å². The van der Waals surface area contributed by atoms with Gasteiger partial charge in [0.25, 0.3) is 11.1 Å². The molecule has 3 aromatic rings. The molecule has 1 aliphatic heterocycles. The van der Waals surface area contributed by atoms with E-state index in [2.05, 4.69) is 15.9 Å². The van der Waals surface area contributed by atoms with Crippen LogP contribution in [-0.4, -0.2) is 29.2 Å². The fraction of sp³-hybridized carbons (Fsp3) is 0.120. The van der Waals surface area contributed by atoms with Crippen LogP contribution in [0.5, 0.6) is 11.5 Å². The zero-order valence-corrected chi connectivity index (χ0v) is 19.5. The van der Waals surface area contributed by atoms with Crippen molar-refractivity contribution in [3.8, 4) is 11.5 Å². The molecule has 0 bridgehead atoms. The Morgan fingerprint density at radius 1 is 0.875 bits per heavy atom. The fourth-order valence-electron chi connectivity index (χ4n) is 3.08. The number of thioether (sulfide) groups is 1. The molecule has 4 rings (SSSR count). The second-order valence-corrected chi connectivity index (χ2v) is 8.86. The minimum Gasteiger partial charge on any atom is -0.492 e. The first-order chi connectivity index (χ1) is 15.6. The van der Waals surface area contributed by atoms with Crippen molar-refractivity contribution < 1.29 is 19.1 Å². The smallest absolute Gasteiger partial charge is 0.293 e. The predicted octanol–water partition coefficient (Wildman–Crippen LogP) is 6.14. The van der Waals surface area contributed by atoms with Gasteiger partial charge in [-0.2, -0.15) is 0 Å². The Bertz CT molecular complexity index is 1130. The van der Waals surface area contributed by atoms with Crippen LogP contribution in [0.25, 0.3) is 6.08 Å². The zero-order chi connectivity index (χ0) is 22.3. The van der Waals surface area contributed by atoms with E-state index in [0.717, 1.165) is 27.4 Å². The van der Waals surface area contributed by atoms with Crippen molar-refractivity contribution in [2.45, 2.75) is 6.61 Å². The van der Waals surface area contributed by atoms with Crippen molar-refractivity contribution in [2.75, 3.05) is 13.2 Å². The van der Waals surface area contributed by atoms with E-state index in [1.54, 1.807) is 6.08 Å². The van der Waals surface area contributed by atoms with Crippen LogP contribution in [0.1, 0.15) is 11.1 Å². The molecule has 7 heteroatoms. The second-order valence-electron chi connectivity index (χ2n) is 6.95. The Kier molecular flexibility index (Phi) is 7.29. The van der Waals surface area contributed by atoms with Gasteiger partial charge in [-0.05, 0) is 53.7 Å². The quantitative estimate of drug-likeness (QED) is 0.341. The summed E-state index contributed by atoms with van der Waals surface area (Å²) in [6, 6.07) is 24.6. The van der Waals surface area contributed by atoms with Gasteiger partial charge >= 0.3 is 0 Å². The van der Waals surface area contributed by atoms with Crippen LogP contribution in [0.4, 0.5) is 4.79 Å². The van der Waals surface area contributed by atoms with Crippen LogP contribution in [0.2, 0.25) is 0 Å². The number of halogens is 1. The first-order valence-electron chi connectivity index (χ1n) is 9.99. The highest BCUT2D eigenvalue weighted by Crippen LogP contribution is 2.34. The van der Waals surface area contributed by atoms with E-state index in [0.29, 0.717) is 23.0 Å². The average Bonchev–Trinajstić information content (AvgIpc) is 3.07. The lowest BCUT2D eigenvalue weighted by molar-refractivity contribution is -0.123. The lowest BCUT2D eigenvalue weighted by Crippen LogP contribution is -2.32. The Morgan fingerprint density at radius 3 is 2.38 bits per heavy atom. The number of benzene rings is 3. The third kappa shape index (κ3) is 5.60. The Hall–Kier alpha value is -3.03. The Morgan fingerprint density at radius 2 is 1.59 bits per heavy atom. The van der Waals surface area contributed by atoms with Crippen LogP contribution in [-0.2, 0) is 11.4 Å².